The number of rotatable bonds is 3. The first kappa shape index (κ1) is 15.3. The molecule has 2 amide bonds. The summed E-state index contributed by atoms with van der Waals surface area (Å²) in [4.78, 5) is 28.2. The molecule has 128 valence electrons. The van der Waals surface area contributed by atoms with Gasteiger partial charge in [0.1, 0.15) is 0 Å². The Labute approximate surface area is 143 Å². The van der Waals surface area contributed by atoms with Gasteiger partial charge in [0.05, 0.1) is 12.5 Å². The highest BCUT2D eigenvalue weighted by Gasteiger charge is 2.28. The van der Waals surface area contributed by atoms with E-state index < -0.39 is 0 Å². The lowest BCUT2D eigenvalue weighted by atomic mass is 10.2. The van der Waals surface area contributed by atoms with Gasteiger partial charge in [0.15, 0.2) is 23.0 Å². The molecule has 7 heteroatoms. The highest BCUT2D eigenvalue weighted by molar-refractivity contribution is 5.93. The molecule has 25 heavy (non-hydrogen) atoms. The standard InChI is InChI=1S/C18H16N2O5/c21-17(15-4-2-12-24-15)19-7-9-20(10-8-19)18(22)16-6-5-14(25-16)13-3-1-11-23-13/h1-6,11-12H,7-10H2. The zero-order valence-corrected chi connectivity index (χ0v) is 13.4. The lowest BCUT2D eigenvalue weighted by Crippen LogP contribution is -2.50. The van der Waals surface area contributed by atoms with Gasteiger partial charge >= 0.3 is 0 Å². The summed E-state index contributed by atoms with van der Waals surface area (Å²) in [6.45, 7) is 1.80. The van der Waals surface area contributed by atoms with Crippen LogP contribution in [0.15, 0.2) is 62.2 Å². The summed E-state index contributed by atoms with van der Waals surface area (Å²) in [6, 6.07) is 10.2. The summed E-state index contributed by atoms with van der Waals surface area (Å²) < 4.78 is 16.0. The molecule has 7 nitrogen and oxygen atoms in total. The molecule has 1 fully saturated rings. The van der Waals surface area contributed by atoms with Crippen molar-refractivity contribution in [3.05, 3.63) is 60.4 Å². The maximum atomic E-state index is 12.6. The molecule has 1 aliphatic heterocycles. The van der Waals surface area contributed by atoms with Crippen LogP contribution in [-0.4, -0.2) is 47.8 Å². The lowest BCUT2D eigenvalue weighted by molar-refractivity contribution is 0.0502. The van der Waals surface area contributed by atoms with Gasteiger partial charge in [-0.3, -0.25) is 9.59 Å². The van der Waals surface area contributed by atoms with E-state index in [9.17, 15) is 9.59 Å². The van der Waals surface area contributed by atoms with E-state index in [1.165, 1.54) is 6.26 Å². The summed E-state index contributed by atoms with van der Waals surface area (Å²) >= 11 is 0. The summed E-state index contributed by atoms with van der Waals surface area (Å²) in [5.74, 6) is 1.32. The molecule has 0 aliphatic carbocycles. The number of carbonyl (C=O) groups excluding carboxylic acids is 2. The van der Waals surface area contributed by atoms with Crippen LogP contribution in [0.4, 0.5) is 0 Å². The third kappa shape index (κ3) is 2.96. The maximum absolute atomic E-state index is 12.6. The first-order chi connectivity index (χ1) is 12.2. The second-order valence-corrected chi connectivity index (χ2v) is 5.70. The van der Waals surface area contributed by atoms with Crippen LogP contribution in [-0.2, 0) is 0 Å². The highest BCUT2D eigenvalue weighted by Crippen LogP contribution is 2.23. The van der Waals surface area contributed by atoms with Crippen LogP contribution in [0, 0.1) is 0 Å². The van der Waals surface area contributed by atoms with Crippen LogP contribution >= 0.6 is 0 Å². The van der Waals surface area contributed by atoms with Crippen molar-refractivity contribution in [2.24, 2.45) is 0 Å². The monoisotopic (exact) mass is 340 g/mol. The van der Waals surface area contributed by atoms with Gasteiger partial charge in [0, 0.05) is 26.2 Å². The van der Waals surface area contributed by atoms with Gasteiger partial charge in [-0.25, -0.2) is 0 Å². The van der Waals surface area contributed by atoms with E-state index in [-0.39, 0.29) is 17.6 Å². The molecule has 0 radical (unpaired) electrons. The van der Waals surface area contributed by atoms with Crippen molar-refractivity contribution in [1.82, 2.24) is 9.80 Å². The van der Waals surface area contributed by atoms with Crippen molar-refractivity contribution in [3.8, 4) is 11.5 Å². The molecule has 1 saturated heterocycles. The normalized spacial score (nSPS) is 14.7. The average Bonchev–Trinajstić information content (AvgIpc) is 3.42. The van der Waals surface area contributed by atoms with Gasteiger partial charge in [-0.05, 0) is 36.4 Å². The predicted octanol–water partition coefficient (Wildman–Crippen LogP) is 2.73. The third-order valence-electron chi connectivity index (χ3n) is 4.17. The minimum atomic E-state index is -0.192. The number of furan rings is 3. The van der Waals surface area contributed by atoms with Crippen molar-refractivity contribution in [2.45, 2.75) is 0 Å². The highest BCUT2D eigenvalue weighted by atomic mass is 16.4. The molecule has 0 aromatic carbocycles. The van der Waals surface area contributed by atoms with Crippen LogP contribution in [0.5, 0.6) is 0 Å². The van der Waals surface area contributed by atoms with Gasteiger partial charge in [0.2, 0.25) is 0 Å². The fourth-order valence-corrected chi connectivity index (χ4v) is 2.83. The lowest BCUT2D eigenvalue weighted by Gasteiger charge is -2.33. The SMILES string of the molecule is O=C(c1ccco1)N1CCN(C(=O)c2ccc(-c3ccco3)o2)CC1. The topological polar surface area (TPSA) is 80.0 Å². The quantitative estimate of drug-likeness (QED) is 0.732. The van der Waals surface area contributed by atoms with E-state index in [1.807, 2.05) is 0 Å². The molecular weight excluding hydrogens is 324 g/mol. The Morgan fingerprint density at radius 2 is 1.36 bits per heavy atom. The minimum Gasteiger partial charge on any atom is -0.461 e. The Morgan fingerprint density at radius 1 is 0.720 bits per heavy atom. The predicted molar refractivity (Wildman–Crippen MR) is 86.9 cm³/mol. The van der Waals surface area contributed by atoms with E-state index in [4.69, 9.17) is 13.3 Å². The summed E-state index contributed by atoms with van der Waals surface area (Å²) in [7, 11) is 0. The third-order valence-corrected chi connectivity index (χ3v) is 4.17. The molecule has 1 aliphatic rings. The molecule has 0 spiro atoms. The van der Waals surface area contributed by atoms with Crippen LogP contribution < -0.4 is 0 Å². The van der Waals surface area contributed by atoms with E-state index >= 15 is 0 Å². The van der Waals surface area contributed by atoms with Gasteiger partial charge in [-0.2, -0.15) is 0 Å². The van der Waals surface area contributed by atoms with Crippen molar-refractivity contribution in [1.29, 1.82) is 0 Å². The second kappa shape index (κ2) is 6.35. The number of piperazine rings is 1. The van der Waals surface area contributed by atoms with Crippen molar-refractivity contribution in [2.75, 3.05) is 26.2 Å². The van der Waals surface area contributed by atoms with Crippen LogP contribution in [0.2, 0.25) is 0 Å². The number of hydrogen-bond donors (Lipinski definition) is 0. The molecular formula is C18H16N2O5. The van der Waals surface area contributed by atoms with E-state index in [0.29, 0.717) is 43.5 Å². The molecule has 3 aromatic heterocycles. The maximum Gasteiger partial charge on any atom is 0.289 e. The first-order valence-corrected chi connectivity index (χ1v) is 7.98. The Bertz CT molecular complexity index is 855. The molecule has 4 heterocycles. The second-order valence-electron chi connectivity index (χ2n) is 5.70. The van der Waals surface area contributed by atoms with Gasteiger partial charge < -0.3 is 23.1 Å². The summed E-state index contributed by atoms with van der Waals surface area (Å²) in [6.07, 6.45) is 3.02. The molecule has 4 rings (SSSR count). The fraction of sp³-hybridized carbons (Fsp3) is 0.222. The molecule has 0 N–H and O–H groups in total. The van der Waals surface area contributed by atoms with E-state index in [0.717, 1.165) is 0 Å². The van der Waals surface area contributed by atoms with E-state index in [2.05, 4.69) is 0 Å². The van der Waals surface area contributed by atoms with E-state index in [1.54, 1.807) is 52.5 Å². The Balaban J connectivity index is 1.39. The Morgan fingerprint density at radius 3 is 1.96 bits per heavy atom. The van der Waals surface area contributed by atoms with Crippen molar-refractivity contribution in [3.63, 3.8) is 0 Å². The molecule has 0 atom stereocenters. The van der Waals surface area contributed by atoms with Gasteiger partial charge in [0.25, 0.3) is 11.8 Å². The van der Waals surface area contributed by atoms with Crippen LogP contribution in [0.1, 0.15) is 21.1 Å². The zero-order chi connectivity index (χ0) is 17.2. The number of nitrogens with zero attached hydrogens (tertiary/aromatic N) is 2. The zero-order valence-electron chi connectivity index (χ0n) is 13.4. The molecule has 3 aromatic rings. The minimum absolute atomic E-state index is 0.157. The average molecular weight is 340 g/mol. The van der Waals surface area contributed by atoms with Gasteiger partial charge in [-0.1, -0.05) is 0 Å². The fourth-order valence-electron chi connectivity index (χ4n) is 2.83. The van der Waals surface area contributed by atoms with Crippen molar-refractivity contribution >= 4 is 11.8 Å². The first-order valence-electron chi connectivity index (χ1n) is 7.98. The molecule has 0 saturated carbocycles. The van der Waals surface area contributed by atoms with Crippen LogP contribution in [0.3, 0.4) is 0 Å². The number of carbonyl (C=O) groups is 2. The molecule has 0 unspecified atom stereocenters. The van der Waals surface area contributed by atoms with Crippen LogP contribution in [0.25, 0.3) is 11.5 Å². The van der Waals surface area contributed by atoms with Crippen molar-refractivity contribution < 1.29 is 22.8 Å². The number of hydrogen-bond acceptors (Lipinski definition) is 5. The Hall–Kier alpha value is -3.22. The smallest absolute Gasteiger partial charge is 0.289 e. The molecule has 0 bridgehead atoms. The van der Waals surface area contributed by atoms with Gasteiger partial charge in [-0.15, -0.1) is 0 Å². The number of amides is 2. The largest absolute Gasteiger partial charge is 0.461 e. The summed E-state index contributed by atoms with van der Waals surface area (Å²) in [5, 5.41) is 0. The Kier molecular flexibility index (Phi) is 3.89. The summed E-state index contributed by atoms with van der Waals surface area (Å²) in [5.41, 5.74) is 0.